The molecule has 4 aromatic rings. The number of nitrogens with one attached hydrogen (secondary N) is 1. The number of carbonyl (C=O) groups excluding carboxylic acids is 3. The molecule has 3 amide bonds. The summed E-state index contributed by atoms with van der Waals surface area (Å²) in [5, 5.41) is 7.31. The predicted octanol–water partition coefficient (Wildman–Crippen LogP) is 1.36. The molecule has 1 N–H and O–H groups in total. The first-order chi connectivity index (χ1) is 16.9. The molecule has 0 saturated carbocycles. The highest BCUT2D eigenvalue weighted by Gasteiger charge is 2.36. The summed E-state index contributed by atoms with van der Waals surface area (Å²) in [5.41, 5.74) is 2.94. The summed E-state index contributed by atoms with van der Waals surface area (Å²) >= 11 is 0. The van der Waals surface area contributed by atoms with E-state index in [1.165, 1.54) is 21.8 Å². The molecular weight excluding hydrogens is 448 g/mol. The number of nitrogens with zero attached hydrogens (tertiary/aromatic N) is 5. The van der Waals surface area contributed by atoms with Crippen molar-refractivity contribution >= 4 is 28.8 Å². The van der Waals surface area contributed by atoms with Crippen LogP contribution in [0.2, 0.25) is 0 Å². The monoisotopic (exact) mass is 470 g/mol. The van der Waals surface area contributed by atoms with Crippen LogP contribution < -0.4 is 10.9 Å². The van der Waals surface area contributed by atoms with Crippen LogP contribution in [0.15, 0.2) is 65.8 Å². The molecule has 0 bridgehead atoms. The van der Waals surface area contributed by atoms with E-state index < -0.39 is 17.7 Å². The molecule has 3 heterocycles. The van der Waals surface area contributed by atoms with Crippen LogP contribution in [0, 0.1) is 6.92 Å². The van der Waals surface area contributed by atoms with Gasteiger partial charge in [0.15, 0.2) is 5.65 Å². The fraction of sp³-hybridized carbons (Fsp3) is 0.200. The zero-order chi connectivity index (χ0) is 24.5. The summed E-state index contributed by atoms with van der Waals surface area (Å²) < 4.78 is 3.07. The van der Waals surface area contributed by atoms with Crippen molar-refractivity contribution in [3.05, 3.63) is 93.7 Å². The van der Waals surface area contributed by atoms with Gasteiger partial charge < -0.3 is 5.32 Å². The van der Waals surface area contributed by atoms with Crippen molar-refractivity contribution in [1.82, 2.24) is 29.5 Å². The molecule has 10 heteroatoms. The molecule has 0 spiro atoms. The second-order valence-corrected chi connectivity index (χ2v) is 8.36. The third-order valence-electron chi connectivity index (χ3n) is 5.88. The fourth-order valence-corrected chi connectivity index (χ4v) is 4.16. The lowest BCUT2D eigenvalue weighted by Crippen LogP contribution is -2.41. The largest absolute Gasteiger partial charge is 0.353 e. The Labute approximate surface area is 199 Å². The van der Waals surface area contributed by atoms with Crippen molar-refractivity contribution in [3.63, 3.8) is 0 Å². The Hall–Kier alpha value is -4.60. The van der Waals surface area contributed by atoms with E-state index >= 15 is 0 Å². The van der Waals surface area contributed by atoms with Gasteiger partial charge in [-0.15, -0.1) is 0 Å². The number of hydrogen-bond acceptors (Lipinski definition) is 6. The Morgan fingerprint density at radius 1 is 1.00 bits per heavy atom. The SMILES string of the molecule is Cc1cccc(Cn2cnc3c(cnn3CCNC(=O)CN3C(=O)c4ccccc4C3=O)c2=O)c1. The lowest BCUT2D eigenvalue weighted by Gasteiger charge is -2.13. The van der Waals surface area contributed by atoms with E-state index in [0.717, 1.165) is 16.0 Å². The number of hydrogen-bond donors (Lipinski definition) is 1. The number of aromatic nitrogens is 4. The third kappa shape index (κ3) is 4.21. The molecule has 1 aliphatic heterocycles. The fourth-order valence-electron chi connectivity index (χ4n) is 4.16. The summed E-state index contributed by atoms with van der Waals surface area (Å²) in [6.45, 7) is 2.49. The second kappa shape index (κ2) is 8.98. The Balaban J connectivity index is 1.21. The van der Waals surface area contributed by atoms with Crippen molar-refractivity contribution in [2.45, 2.75) is 20.0 Å². The van der Waals surface area contributed by atoms with E-state index in [0.29, 0.717) is 28.7 Å². The highest BCUT2D eigenvalue weighted by molar-refractivity contribution is 6.22. The van der Waals surface area contributed by atoms with Gasteiger partial charge in [-0.3, -0.25) is 28.6 Å². The third-order valence-corrected chi connectivity index (χ3v) is 5.88. The molecule has 0 aliphatic carbocycles. The summed E-state index contributed by atoms with van der Waals surface area (Å²) in [7, 11) is 0. The molecule has 0 fully saturated rings. The molecule has 0 radical (unpaired) electrons. The van der Waals surface area contributed by atoms with Crippen molar-refractivity contribution in [2.24, 2.45) is 0 Å². The number of amides is 3. The summed E-state index contributed by atoms with van der Waals surface area (Å²) in [6.07, 6.45) is 2.96. The number of carbonyl (C=O) groups is 3. The van der Waals surface area contributed by atoms with Crippen LogP contribution in [0.1, 0.15) is 31.8 Å². The maximum absolute atomic E-state index is 12.9. The Morgan fingerprint density at radius 2 is 1.74 bits per heavy atom. The van der Waals surface area contributed by atoms with Gasteiger partial charge in [0.1, 0.15) is 18.3 Å². The first kappa shape index (κ1) is 22.2. The zero-order valence-corrected chi connectivity index (χ0v) is 19.0. The van der Waals surface area contributed by atoms with E-state index in [2.05, 4.69) is 15.4 Å². The van der Waals surface area contributed by atoms with Gasteiger partial charge in [-0.25, -0.2) is 9.67 Å². The Morgan fingerprint density at radius 3 is 2.46 bits per heavy atom. The standard InChI is InChI=1S/C25H22N6O4/c1-16-5-4-6-17(11-16)13-29-15-27-22-20(23(29)33)12-28-31(22)10-9-26-21(32)14-30-24(34)18-7-2-3-8-19(18)25(30)35/h2-8,11-12,15H,9-10,13-14H2,1H3,(H,26,32). The van der Waals surface area contributed by atoms with Gasteiger partial charge in [0.05, 0.1) is 30.4 Å². The van der Waals surface area contributed by atoms with Gasteiger partial charge >= 0.3 is 0 Å². The number of imide groups is 1. The summed E-state index contributed by atoms with van der Waals surface area (Å²) in [5.74, 6) is -1.43. The average molecular weight is 470 g/mol. The van der Waals surface area contributed by atoms with Crippen LogP contribution in [-0.2, 0) is 17.9 Å². The first-order valence-corrected chi connectivity index (χ1v) is 11.1. The van der Waals surface area contributed by atoms with Crippen molar-refractivity contribution in [2.75, 3.05) is 13.1 Å². The van der Waals surface area contributed by atoms with Crippen LogP contribution in [-0.4, -0.2) is 55.0 Å². The molecule has 10 nitrogen and oxygen atoms in total. The zero-order valence-electron chi connectivity index (χ0n) is 19.0. The highest BCUT2D eigenvalue weighted by atomic mass is 16.2. The van der Waals surface area contributed by atoms with Crippen LogP contribution in [0.4, 0.5) is 0 Å². The normalized spacial score (nSPS) is 12.9. The predicted molar refractivity (Wildman–Crippen MR) is 127 cm³/mol. The van der Waals surface area contributed by atoms with E-state index in [9.17, 15) is 19.2 Å². The highest BCUT2D eigenvalue weighted by Crippen LogP contribution is 2.21. The lowest BCUT2D eigenvalue weighted by atomic mass is 10.1. The molecule has 2 aromatic heterocycles. The van der Waals surface area contributed by atoms with Crippen LogP contribution in [0.5, 0.6) is 0 Å². The van der Waals surface area contributed by atoms with E-state index in [1.807, 2.05) is 31.2 Å². The van der Waals surface area contributed by atoms with Gasteiger partial charge in [0.2, 0.25) is 5.91 Å². The van der Waals surface area contributed by atoms with E-state index in [1.54, 1.807) is 24.3 Å². The number of rotatable bonds is 7. The van der Waals surface area contributed by atoms with Gasteiger partial charge in [-0.05, 0) is 24.6 Å². The Kier molecular flexibility index (Phi) is 5.69. The van der Waals surface area contributed by atoms with Crippen molar-refractivity contribution in [3.8, 4) is 0 Å². The average Bonchev–Trinajstić information content (AvgIpc) is 3.36. The summed E-state index contributed by atoms with van der Waals surface area (Å²) in [4.78, 5) is 55.4. The van der Waals surface area contributed by atoms with E-state index in [-0.39, 0.29) is 25.2 Å². The number of fused-ring (bicyclic) bond motifs is 2. The van der Waals surface area contributed by atoms with Gasteiger partial charge in [-0.1, -0.05) is 42.0 Å². The second-order valence-electron chi connectivity index (χ2n) is 8.36. The minimum atomic E-state index is -0.482. The topological polar surface area (TPSA) is 119 Å². The van der Waals surface area contributed by atoms with Crippen LogP contribution >= 0.6 is 0 Å². The molecular formula is C25H22N6O4. The van der Waals surface area contributed by atoms with Crippen LogP contribution in [0.25, 0.3) is 11.0 Å². The Bertz CT molecular complexity index is 1500. The molecule has 0 saturated heterocycles. The number of aryl methyl sites for hydroxylation is 1. The maximum atomic E-state index is 12.9. The summed E-state index contributed by atoms with van der Waals surface area (Å²) in [6, 6.07) is 14.4. The van der Waals surface area contributed by atoms with Gasteiger partial charge in [0.25, 0.3) is 17.4 Å². The van der Waals surface area contributed by atoms with E-state index in [4.69, 9.17) is 0 Å². The lowest BCUT2D eigenvalue weighted by molar-refractivity contribution is -0.121. The maximum Gasteiger partial charge on any atom is 0.264 e. The van der Waals surface area contributed by atoms with Gasteiger partial charge in [-0.2, -0.15) is 5.10 Å². The molecule has 1 aliphatic rings. The molecule has 2 aromatic carbocycles. The quantitative estimate of drug-likeness (QED) is 0.408. The smallest absolute Gasteiger partial charge is 0.264 e. The first-order valence-electron chi connectivity index (χ1n) is 11.1. The minimum Gasteiger partial charge on any atom is -0.353 e. The molecule has 5 rings (SSSR count). The van der Waals surface area contributed by atoms with Crippen molar-refractivity contribution < 1.29 is 14.4 Å². The number of benzene rings is 2. The van der Waals surface area contributed by atoms with Crippen molar-refractivity contribution in [1.29, 1.82) is 0 Å². The molecule has 35 heavy (non-hydrogen) atoms. The molecule has 176 valence electrons. The minimum absolute atomic E-state index is 0.187. The van der Waals surface area contributed by atoms with Gasteiger partial charge in [0, 0.05) is 6.54 Å². The van der Waals surface area contributed by atoms with Crippen LogP contribution in [0.3, 0.4) is 0 Å². The molecule has 0 unspecified atom stereocenters. The molecule has 0 atom stereocenters.